The Kier molecular flexibility index (Phi) is 5.28. The van der Waals surface area contributed by atoms with E-state index in [0.717, 1.165) is 25.7 Å². The second kappa shape index (κ2) is 7.19. The van der Waals surface area contributed by atoms with Gasteiger partial charge in [0.2, 0.25) is 0 Å². The monoisotopic (exact) mass is 328 g/mol. The Morgan fingerprint density at radius 3 is 2.57 bits per heavy atom. The fourth-order valence-electron chi connectivity index (χ4n) is 2.94. The molecule has 3 nitrogen and oxygen atoms in total. The van der Waals surface area contributed by atoms with E-state index in [9.17, 15) is 0 Å². The quantitative estimate of drug-likeness (QED) is 0.827. The van der Waals surface area contributed by atoms with Crippen molar-refractivity contribution in [1.29, 1.82) is 0 Å². The van der Waals surface area contributed by atoms with E-state index in [-0.39, 0.29) is 0 Å². The van der Waals surface area contributed by atoms with E-state index in [1.165, 1.54) is 25.7 Å². The largest absolute Gasteiger partial charge is 0.489 e. The molecule has 0 radical (unpaired) electrons. The average Bonchev–Trinajstić information content (AvgIpc) is 3.19. The maximum absolute atomic E-state index is 6.12. The van der Waals surface area contributed by atoms with Gasteiger partial charge in [-0.25, -0.2) is 0 Å². The molecule has 0 aromatic heterocycles. The summed E-state index contributed by atoms with van der Waals surface area (Å²) in [6.45, 7) is 3.86. The molecule has 1 saturated heterocycles. The van der Waals surface area contributed by atoms with Gasteiger partial charge in [-0.2, -0.15) is 0 Å². The first-order chi connectivity index (χ1) is 10.2. The van der Waals surface area contributed by atoms with Gasteiger partial charge >= 0.3 is 0 Å². The first-order valence-electron chi connectivity index (χ1n) is 7.78. The lowest BCUT2D eigenvalue weighted by atomic mass is 10.2. The SMILES string of the molecule is Clc1cccc(Cl)c1OCCN(CC1CCCN1)C1CC1. The molecule has 1 atom stereocenters. The lowest BCUT2D eigenvalue weighted by molar-refractivity contribution is 0.189. The molecule has 1 aliphatic carbocycles. The van der Waals surface area contributed by atoms with Gasteiger partial charge in [0.1, 0.15) is 6.61 Å². The fraction of sp³-hybridized carbons (Fsp3) is 0.625. The van der Waals surface area contributed by atoms with Crippen LogP contribution in [0.4, 0.5) is 0 Å². The van der Waals surface area contributed by atoms with E-state index in [0.29, 0.717) is 28.4 Å². The van der Waals surface area contributed by atoms with Crippen LogP contribution in [0, 0.1) is 0 Å². The summed E-state index contributed by atoms with van der Waals surface area (Å²) < 4.78 is 5.81. The van der Waals surface area contributed by atoms with Crippen molar-refractivity contribution in [3.05, 3.63) is 28.2 Å². The summed E-state index contributed by atoms with van der Waals surface area (Å²) in [6.07, 6.45) is 5.23. The number of hydrogen-bond donors (Lipinski definition) is 1. The highest BCUT2D eigenvalue weighted by molar-refractivity contribution is 6.37. The fourth-order valence-corrected chi connectivity index (χ4v) is 3.45. The van der Waals surface area contributed by atoms with Crippen LogP contribution in [0.3, 0.4) is 0 Å². The van der Waals surface area contributed by atoms with E-state index in [2.05, 4.69) is 10.2 Å². The number of para-hydroxylation sites is 1. The standard InChI is InChI=1S/C16H22Cl2N2O/c17-14-4-1-5-15(18)16(14)21-10-9-20(13-6-7-13)11-12-3-2-8-19-12/h1,4-5,12-13,19H,2-3,6-11H2. The summed E-state index contributed by atoms with van der Waals surface area (Å²) in [4.78, 5) is 2.55. The second-order valence-corrected chi connectivity index (χ2v) is 6.73. The van der Waals surface area contributed by atoms with Crippen molar-refractivity contribution in [2.75, 3.05) is 26.2 Å². The summed E-state index contributed by atoms with van der Waals surface area (Å²) in [5.41, 5.74) is 0. The Hall–Kier alpha value is -0.480. The van der Waals surface area contributed by atoms with E-state index in [1.807, 2.05) is 18.2 Å². The summed E-state index contributed by atoms with van der Waals surface area (Å²) >= 11 is 12.2. The molecule has 2 fully saturated rings. The Morgan fingerprint density at radius 2 is 1.95 bits per heavy atom. The molecule has 2 aliphatic rings. The number of halogens is 2. The molecule has 0 spiro atoms. The molecule has 1 saturated carbocycles. The van der Waals surface area contributed by atoms with Gasteiger partial charge in [0.05, 0.1) is 10.0 Å². The molecule has 1 aromatic carbocycles. The summed E-state index contributed by atoms with van der Waals surface area (Å²) in [5.74, 6) is 0.607. The predicted molar refractivity (Wildman–Crippen MR) is 87.6 cm³/mol. The predicted octanol–water partition coefficient (Wildman–Crippen LogP) is 3.59. The van der Waals surface area contributed by atoms with Crippen LogP contribution in [0.1, 0.15) is 25.7 Å². The Balaban J connectivity index is 1.50. The molecule has 0 bridgehead atoms. The Bertz CT molecular complexity index is 453. The minimum atomic E-state index is 0.581. The van der Waals surface area contributed by atoms with E-state index >= 15 is 0 Å². The third-order valence-corrected chi connectivity index (χ3v) is 4.82. The number of hydrogen-bond acceptors (Lipinski definition) is 3. The van der Waals surface area contributed by atoms with Crippen LogP contribution in [0.25, 0.3) is 0 Å². The van der Waals surface area contributed by atoms with Gasteiger partial charge in [0.25, 0.3) is 0 Å². The molecule has 1 aromatic rings. The summed E-state index contributed by atoms with van der Waals surface area (Å²) in [7, 11) is 0. The third-order valence-electron chi connectivity index (χ3n) is 4.22. The minimum Gasteiger partial charge on any atom is -0.489 e. The van der Waals surface area contributed by atoms with Gasteiger partial charge in [-0.1, -0.05) is 29.3 Å². The average molecular weight is 329 g/mol. The molecule has 1 N–H and O–H groups in total. The van der Waals surface area contributed by atoms with Gasteiger partial charge in [0, 0.05) is 25.2 Å². The van der Waals surface area contributed by atoms with Crippen molar-refractivity contribution >= 4 is 23.2 Å². The van der Waals surface area contributed by atoms with Gasteiger partial charge in [-0.05, 0) is 44.4 Å². The maximum Gasteiger partial charge on any atom is 0.156 e. The van der Waals surface area contributed by atoms with E-state index < -0.39 is 0 Å². The lowest BCUT2D eigenvalue weighted by Gasteiger charge is -2.25. The highest BCUT2D eigenvalue weighted by Gasteiger charge is 2.31. The molecule has 21 heavy (non-hydrogen) atoms. The Labute approximate surface area is 136 Å². The zero-order valence-electron chi connectivity index (χ0n) is 12.2. The smallest absolute Gasteiger partial charge is 0.156 e. The van der Waals surface area contributed by atoms with Crippen LogP contribution >= 0.6 is 23.2 Å². The van der Waals surface area contributed by atoms with Crippen LogP contribution in [0.2, 0.25) is 10.0 Å². The molecule has 1 aliphatic heterocycles. The first-order valence-corrected chi connectivity index (χ1v) is 8.54. The zero-order chi connectivity index (χ0) is 14.7. The molecule has 0 amide bonds. The van der Waals surface area contributed by atoms with E-state index in [1.54, 1.807) is 0 Å². The van der Waals surface area contributed by atoms with Crippen LogP contribution in [-0.2, 0) is 0 Å². The van der Waals surface area contributed by atoms with Crippen molar-refractivity contribution in [1.82, 2.24) is 10.2 Å². The molecule has 1 unspecified atom stereocenters. The maximum atomic E-state index is 6.12. The Morgan fingerprint density at radius 1 is 1.19 bits per heavy atom. The molecule has 5 heteroatoms. The zero-order valence-corrected chi connectivity index (χ0v) is 13.7. The van der Waals surface area contributed by atoms with Crippen LogP contribution < -0.4 is 10.1 Å². The minimum absolute atomic E-state index is 0.581. The molecule has 116 valence electrons. The van der Waals surface area contributed by atoms with Crippen molar-refractivity contribution in [2.45, 2.75) is 37.8 Å². The molecule has 3 rings (SSSR count). The van der Waals surface area contributed by atoms with Crippen molar-refractivity contribution < 1.29 is 4.74 Å². The normalized spacial score (nSPS) is 22.0. The van der Waals surface area contributed by atoms with Crippen molar-refractivity contribution in [3.63, 3.8) is 0 Å². The summed E-state index contributed by atoms with van der Waals surface area (Å²) in [6, 6.07) is 6.85. The highest BCUT2D eigenvalue weighted by atomic mass is 35.5. The van der Waals surface area contributed by atoms with Crippen molar-refractivity contribution in [2.24, 2.45) is 0 Å². The van der Waals surface area contributed by atoms with Crippen LogP contribution in [0.15, 0.2) is 18.2 Å². The lowest BCUT2D eigenvalue weighted by Crippen LogP contribution is -2.40. The summed E-state index contributed by atoms with van der Waals surface area (Å²) in [5, 5.41) is 4.73. The molecule has 1 heterocycles. The number of nitrogens with zero attached hydrogens (tertiary/aromatic N) is 1. The van der Waals surface area contributed by atoms with Gasteiger partial charge < -0.3 is 10.1 Å². The van der Waals surface area contributed by atoms with Gasteiger partial charge in [0.15, 0.2) is 5.75 Å². The second-order valence-electron chi connectivity index (χ2n) is 5.92. The molecular formula is C16H22Cl2N2O. The van der Waals surface area contributed by atoms with Crippen LogP contribution in [0.5, 0.6) is 5.75 Å². The molecular weight excluding hydrogens is 307 g/mol. The number of benzene rings is 1. The van der Waals surface area contributed by atoms with E-state index in [4.69, 9.17) is 27.9 Å². The topological polar surface area (TPSA) is 24.5 Å². The van der Waals surface area contributed by atoms with Crippen molar-refractivity contribution in [3.8, 4) is 5.75 Å². The number of rotatable bonds is 7. The van der Waals surface area contributed by atoms with Gasteiger partial charge in [-0.3, -0.25) is 4.90 Å². The highest BCUT2D eigenvalue weighted by Crippen LogP contribution is 2.32. The first kappa shape index (κ1) is 15.4. The number of nitrogens with one attached hydrogen (secondary N) is 1. The number of ether oxygens (including phenoxy) is 1. The van der Waals surface area contributed by atoms with Gasteiger partial charge in [-0.15, -0.1) is 0 Å². The third kappa shape index (κ3) is 4.26. The van der Waals surface area contributed by atoms with Crippen LogP contribution in [-0.4, -0.2) is 43.2 Å².